The quantitative estimate of drug-likeness (QED) is 0.412. The van der Waals surface area contributed by atoms with Crippen molar-refractivity contribution in [2.45, 2.75) is 37.1 Å². The van der Waals surface area contributed by atoms with Gasteiger partial charge < -0.3 is 30.3 Å². The second kappa shape index (κ2) is 10.9. The van der Waals surface area contributed by atoms with Gasteiger partial charge in [0.05, 0.1) is 38.0 Å². The van der Waals surface area contributed by atoms with E-state index in [1.165, 1.54) is 0 Å². The number of fused-ring (bicyclic) bond motifs is 1. The van der Waals surface area contributed by atoms with Gasteiger partial charge in [-0.15, -0.1) is 6.58 Å². The second-order valence-electron chi connectivity index (χ2n) is 7.63. The summed E-state index contributed by atoms with van der Waals surface area (Å²) in [6.45, 7) is 4.34. The molecular formula is C24H30N2O5. The molecule has 7 heteroatoms. The molecule has 0 aromatic heterocycles. The van der Waals surface area contributed by atoms with E-state index < -0.39 is 18.2 Å². The second-order valence-corrected chi connectivity index (χ2v) is 7.63. The molecule has 0 fully saturated rings. The maximum atomic E-state index is 11.3. The fraction of sp³-hybridized carbons (Fsp3) is 0.375. The number of ether oxygens (including phenoxy) is 2. The van der Waals surface area contributed by atoms with E-state index in [1.807, 2.05) is 48.5 Å². The number of nitrogens with one attached hydrogen (secondary N) is 2. The molecule has 0 saturated heterocycles. The molecular weight excluding hydrogens is 396 g/mol. The largest absolute Gasteiger partial charge is 0.497 e. The number of benzene rings is 2. The Labute approximate surface area is 182 Å². The van der Waals surface area contributed by atoms with Crippen LogP contribution in [0.3, 0.4) is 0 Å². The van der Waals surface area contributed by atoms with Crippen LogP contribution < -0.4 is 15.4 Å². The normalized spacial score (nSPS) is 19.3. The fourth-order valence-corrected chi connectivity index (χ4v) is 4.00. The van der Waals surface area contributed by atoms with Crippen LogP contribution in [0.5, 0.6) is 5.75 Å². The molecule has 0 spiro atoms. The first kappa shape index (κ1) is 22.8. The number of amides is 1. The highest BCUT2D eigenvalue weighted by atomic mass is 16.5. The van der Waals surface area contributed by atoms with Gasteiger partial charge in [0.25, 0.3) is 0 Å². The summed E-state index contributed by atoms with van der Waals surface area (Å²) in [7, 11) is 1.63. The van der Waals surface area contributed by atoms with Crippen molar-refractivity contribution >= 4 is 6.09 Å². The van der Waals surface area contributed by atoms with Crippen LogP contribution in [0.1, 0.15) is 22.7 Å². The number of carboxylic acid groups (broad SMARTS) is 1. The summed E-state index contributed by atoms with van der Waals surface area (Å²) in [6, 6.07) is 14.6. The minimum absolute atomic E-state index is 0.118. The zero-order valence-corrected chi connectivity index (χ0v) is 17.7. The average molecular weight is 427 g/mol. The van der Waals surface area contributed by atoms with E-state index in [1.54, 1.807) is 13.2 Å². The van der Waals surface area contributed by atoms with Crippen molar-refractivity contribution in [1.29, 1.82) is 0 Å². The molecule has 4 atom stereocenters. The van der Waals surface area contributed by atoms with Gasteiger partial charge in [-0.05, 0) is 35.2 Å². The standard InChI is InChI=1S/C24H30N2O5/c1-3-11-31-22-13-17-9-10-18(30-2)14-19(17)23(22)25-15-21(27)20(26-24(28)29)12-16-7-5-4-6-8-16/h3-10,14,20-23,25-27H,1,11-13,15H2,2H3,(H,28,29)/t20-,21+,22-,23+/m0/s1. The molecule has 31 heavy (non-hydrogen) atoms. The molecule has 1 amide bonds. The van der Waals surface area contributed by atoms with Crippen molar-refractivity contribution in [3.8, 4) is 5.75 Å². The van der Waals surface area contributed by atoms with Crippen LogP contribution in [-0.2, 0) is 17.6 Å². The van der Waals surface area contributed by atoms with E-state index in [0.717, 1.165) is 28.9 Å². The molecule has 166 valence electrons. The van der Waals surface area contributed by atoms with Crippen LogP contribution in [-0.4, -0.2) is 54.8 Å². The number of hydrogen-bond donors (Lipinski definition) is 4. The predicted molar refractivity (Wildman–Crippen MR) is 118 cm³/mol. The van der Waals surface area contributed by atoms with E-state index >= 15 is 0 Å². The van der Waals surface area contributed by atoms with Gasteiger partial charge in [-0.25, -0.2) is 4.79 Å². The minimum atomic E-state index is -1.16. The lowest BCUT2D eigenvalue weighted by atomic mass is 10.0. The van der Waals surface area contributed by atoms with E-state index in [0.29, 0.717) is 13.0 Å². The number of aliphatic hydroxyl groups is 1. The molecule has 4 N–H and O–H groups in total. The summed E-state index contributed by atoms with van der Waals surface area (Å²) in [5.41, 5.74) is 3.17. The minimum Gasteiger partial charge on any atom is -0.497 e. The number of methoxy groups -OCH3 is 1. The summed E-state index contributed by atoms with van der Waals surface area (Å²) < 4.78 is 11.3. The topological polar surface area (TPSA) is 100 Å². The first-order valence-electron chi connectivity index (χ1n) is 10.4. The first-order valence-corrected chi connectivity index (χ1v) is 10.4. The van der Waals surface area contributed by atoms with Crippen molar-refractivity contribution in [3.63, 3.8) is 0 Å². The highest BCUT2D eigenvalue weighted by molar-refractivity contribution is 5.65. The van der Waals surface area contributed by atoms with Gasteiger partial charge in [-0.3, -0.25) is 0 Å². The number of carbonyl (C=O) groups is 1. The smallest absolute Gasteiger partial charge is 0.404 e. The van der Waals surface area contributed by atoms with Crippen LogP contribution in [0.25, 0.3) is 0 Å². The molecule has 3 rings (SSSR count). The molecule has 0 saturated carbocycles. The van der Waals surface area contributed by atoms with E-state index in [4.69, 9.17) is 9.47 Å². The third kappa shape index (κ3) is 6.07. The summed E-state index contributed by atoms with van der Waals surface area (Å²) >= 11 is 0. The molecule has 2 aromatic rings. The average Bonchev–Trinajstić information content (AvgIpc) is 3.12. The molecule has 0 heterocycles. The van der Waals surface area contributed by atoms with Crippen LogP contribution in [0.4, 0.5) is 4.79 Å². The van der Waals surface area contributed by atoms with Crippen molar-refractivity contribution in [2.24, 2.45) is 0 Å². The third-order valence-electron chi connectivity index (χ3n) is 5.53. The molecule has 0 bridgehead atoms. The zero-order chi connectivity index (χ0) is 22.2. The Kier molecular flexibility index (Phi) is 8.06. The molecule has 1 aliphatic rings. The van der Waals surface area contributed by atoms with E-state index in [-0.39, 0.29) is 18.7 Å². The summed E-state index contributed by atoms with van der Waals surface area (Å²) in [4.78, 5) is 11.3. The van der Waals surface area contributed by atoms with Gasteiger partial charge in [0.15, 0.2) is 0 Å². The Balaban J connectivity index is 1.72. The first-order chi connectivity index (χ1) is 15.0. The van der Waals surface area contributed by atoms with Crippen LogP contribution in [0, 0.1) is 0 Å². The fourth-order valence-electron chi connectivity index (χ4n) is 4.00. The highest BCUT2D eigenvalue weighted by Gasteiger charge is 2.34. The van der Waals surface area contributed by atoms with Crippen LogP contribution >= 0.6 is 0 Å². The lowest BCUT2D eigenvalue weighted by Crippen LogP contribution is -2.49. The highest BCUT2D eigenvalue weighted by Crippen LogP contribution is 2.35. The summed E-state index contributed by atoms with van der Waals surface area (Å²) in [5.74, 6) is 0.755. The van der Waals surface area contributed by atoms with Crippen LogP contribution in [0.15, 0.2) is 61.2 Å². The molecule has 0 unspecified atom stereocenters. The molecule has 7 nitrogen and oxygen atoms in total. The summed E-state index contributed by atoms with van der Waals surface area (Å²) in [6.07, 6.45) is 0.632. The Morgan fingerprint density at radius 2 is 2.06 bits per heavy atom. The van der Waals surface area contributed by atoms with Gasteiger partial charge in [0.1, 0.15) is 5.75 Å². The maximum Gasteiger partial charge on any atom is 0.404 e. The monoisotopic (exact) mass is 426 g/mol. The van der Waals surface area contributed by atoms with Gasteiger partial charge in [-0.2, -0.15) is 0 Å². The number of hydrogen-bond acceptors (Lipinski definition) is 5. The van der Waals surface area contributed by atoms with Crippen LogP contribution in [0.2, 0.25) is 0 Å². The zero-order valence-electron chi connectivity index (χ0n) is 17.7. The van der Waals surface area contributed by atoms with Crippen molar-refractivity contribution < 1.29 is 24.5 Å². The maximum absolute atomic E-state index is 11.3. The lowest BCUT2D eigenvalue weighted by Gasteiger charge is -2.27. The lowest BCUT2D eigenvalue weighted by molar-refractivity contribution is 0.0457. The molecule has 0 radical (unpaired) electrons. The Morgan fingerprint density at radius 1 is 1.29 bits per heavy atom. The van der Waals surface area contributed by atoms with Gasteiger partial charge in [-0.1, -0.05) is 42.5 Å². The van der Waals surface area contributed by atoms with E-state index in [9.17, 15) is 15.0 Å². The molecule has 1 aliphatic carbocycles. The van der Waals surface area contributed by atoms with E-state index in [2.05, 4.69) is 17.2 Å². The Hall–Kier alpha value is -2.87. The number of rotatable bonds is 11. The molecule has 2 aromatic carbocycles. The van der Waals surface area contributed by atoms with Gasteiger partial charge in [0, 0.05) is 13.0 Å². The van der Waals surface area contributed by atoms with Gasteiger partial charge in [0.2, 0.25) is 0 Å². The predicted octanol–water partition coefficient (Wildman–Crippen LogP) is 2.69. The van der Waals surface area contributed by atoms with Gasteiger partial charge >= 0.3 is 6.09 Å². The SMILES string of the molecule is C=CCO[C@H]1Cc2ccc(OC)cc2[C@H]1NC[C@@H](O)[C@H](Cc1ccccc1)NC(=O)O. The summed E-state index contributed by atoms with van der Waals surface area (Å²) in [5, 5.41) is 25.9. The Morgan fingerprint density at radius 3 is 2.74 bits per heavy atom. The Bertz CT molecular complexity index is 874. The van der Waals surface area contributed by atoms with Crippen molar-refractivity contribution in [1.82, 2.24) is 10.6 Å². The third-order valence-corrected chi connectivity index (χ3v) is 5.53. The van der Waals surface area contributed by atoms with Crippen molar-refractivity contribution in [3.05, 3.63) is 77.9 Å². The number of aliphatic hydroxyl groups excluding tert-OH is 1. The molecule has 0 aliphatic heterocycles. The van der Waals surface area contributed by atoms with Crippen molar-refractivity contribution in [2.75, 3.05) is 20.3 Å².